The largest absolute Gasteiger partial charge is 0.480 e. The topological polar surface area (TPSA) is 66.4 Å². The summed E-state index contributed by atoms with van der Waals surface area (Å²) < 4.78 is 0. The van der Waals surface area contributed by atoms with E-state index in [0.717, 1.165) is 0 Å². The highest BCUT2D eigenvalue weighted by Gasteiger charge is 2.19. The molecular formula is C14H15Cl2NO3. The van der Waals surface area contributed by atoms with E-state index in [1.165, 1.54) is 0 Å². The molecule has 0 saturated carbocycles. The van der Waals surface area contributed by atoms with E-state index in [-0.39, 0.29) is 12.8 Å². The molecule has 1 aromatic rings. The first kappa shape index (κ1) is 16.5. The molecule has 0 bridgehead atoms. The van der Waals surface area contributed by atoms with Crippen molar-refractivity contribution in [1.82, 2.24) is 5.32 Å². The highest BCUT2D eigenvalue weighted by Crippen LogP contribution is 2.24. The van der Waals surface area contributed by atoms with E-state index in [9.17, 15) is 9.59 Å². The molecule has 1 rings (SSSR count). The number of carboxylic acid groups (broad SMARTS) is 1. The number of carbonyl (C=O) groups excluding carboxylic acids is 1. The number of amides is 1. The summed E-state index contributed by atoms with van der Waals surface area (Å²) in [5.41, 5.74) is 0.489. The molecular weight excluding hydrogens is 301 g/mol. The maximum absolute atomic E-state index is 11.9. The fourth-order valence-electron chi connectivity index (χ4n) is 1.60. The minimum absolute atomic E-state index is 0.0574. The molecule has 0 spiro atoms. The molecule has 0 saturated heterocycles. The van der Waals surface area contributed by atoms with Crippen LogP contribution in [0.15, 0.2) is 30.4 Å². The standard InChI is InChI=1S/C14H15Cl2NO3/c1-2-3-7-12(14(19)20)17-13(18)8-9-10(15)5-4-6-11(9)16/h2-6,12H,7-8H2,1H3,(H,17,18)(H,19,20)/b3-2+. The van der Waals surface area contributed by atoms with Crippen molar-refractivity contribution >= 4 is 35.1 Å². The van der Waals surface area contributed by atoms with Gasteiger partial charge in [-0.05, 0) is 31.0 Å². The molecule has 4 nitrogen and oxygen atoms in total. The van der Waals surface area contributed by atoms with Gasteiger partial charge in [-0.1, -0.05) is 41.4 Å². The number of nitrogens with one attached hydrogen (secondary N) is 1. The van der Waals surface area contributed by atoms with E-state index in [1.807, 2.05) is 0 Å². The maximum atomic E-state index is 11.9. The number of rotatable bonds is 6. The Morgan fingerprint density at radius 3 is 2.45 bits per heavy atom. The third-order valence-electron chi connectivity index (χ3n) is 2.64. The number of hydrogen-bond acceptors (Lipinski definition) is 2. The zero-order chi connectivity index (χ0) is 15.1. The first-order chi connectivity index (χ1) is 9.45. The van der Waals surface area contributed by atoms with Crippen LogP contribution in [0.2, 0.25) is 10.0 Å². The molecule has 0 aromatic heterocycles. The predicted molar refractivity (Wildman–Crippen MR) is 79.2 cm³/mol. The van der Waals surface area contributed by atoms with Gasteiger partial charge in [0.25, 0.3) is 0 Å². The molecule has 0 fully saturated rings. The van der Waals surface area contributed by atoms with Crippen molar-refractivity contribution < 1.29 is 14.7 Å². The molecule has 0 aliphatic heterocycles. The Labute approximate surface area is 127 Å². The van der Waals surface area contributed by atoms with E-state index in [4.69, 9.17) is 28.3 Å². The van der Waals surface area contributed by atoms with Gasteiger partial charge in [0.15, 0.2) is 0 Å². The third kappa shape index (κ3) is 4.87. The number of allylic oxidation sites excluding steroid dienone is 1. The van der Waals surface area contributed by atoms with Crippen molar-refractivity contribution in [1.29, 1.82) is 0 Å². The van der Waals surface area contributed by atoms with Gasteiger partial charge in [0.05, 0.1) is 6.42 Å². The summed E-state index contributed by atoms with van der Waals surface area (Å²) in [6.45, 7) is 1.78. The molecule has 1 unspecified atom stereocenters. The lowest BCUT2D eigenvalue weighted by atomic mass is 10.1. The van der Waals surface area contributed by atoms with Gasteiger partial charge < -0.3 is 10.4 Å². The van der Waals surface area contributed by atoms with Crippen LogP contribution in [0.3, 0.4) is 0 Å². The van der Waals surface area contributed by atoms with Crippen LogP contribution in [0.1, 0.15) is 18.9 Å². The smallest absolute Gasteiger partial charge is 0.326 e. The van der Waals surface area contributed by atoms with Crippen molar-refractivity contribution in [3.05, 3.63) is 46.0 Å². The van der Waals surface area contributed by atoms with Gasteiger partial charge >= 0.3 is 5.97 Å². The van der Waals surface area contributed by atoms with E-state index in [1.54, 1.807) is 37.3 Å². The van der Waals surface area contributed by atoms with Crippen LogP contribution in [0, 0.1) is 0 Å². The van der Waals surface area contributed by atoms with Gasteiger partial charge in [0.1, 0.15) is 6.04 Å². The lowest BCUT2D eigenvalue weighted by Crippen LogP contribution is -2.41. The van der Waals surface area contributed by atoms with Crippen molar-refractivity contribution in [2.24, 2.45) is 0 Å². The van der Waals surface area contributed by atoms with E-state index in [2.05, 4.69) is 5.32 Å². The van der Waals surface area contributed by atoms with E-state index in [0.29, 0.717) is 15.6 Å². The number of carbonyl (C=O) groups is 2. The van der Waals surface area contributed by atoms with Gasteiger partial charge in [-0.2, -0.15) is 0 Å². The third-order valence-corrected chi connectivity index (χ3v) is 3.35. The van der Waals surface area contributed by atoms with Crippen LogP contribution < -0.4 is 5.32 Å². The Hall–Kier alpha value is -1.52. The second-order valence-corrected chi connectivity index (χ2v) is 4.95. The molecule has 0 radical (unpaired) electrons. The minimum atomic E-state index is -1.08. The lowest BCUT2D eigenvalue weighted by Gasteiger charge is -2.13. The van der Waals surface area contributed by atoms with Crippen LogP contribution in [0.25, 0.3) is 0 Å². The van der Waals surface area contributed by atoms with E-state index >= 15 is 0 Å². The van der Waals surface area contributed by atoms with Crippen LogP contribution in [-0.4, -0.2) is 23.0 Å². The highest BCUT2D eigenvalue weighted by atomic mass is 35.5. The molecule has 1 amide bonds. The molecule has 0 aliphatic rings. The first-order valence-corrected chi connectivity index (χ1v) is 6.77. The van der Waals surface area contributed by atoms with Crippen molar-refractivity contribution in [3.63, 3.8) is 0 Å². The fraction of sp³-hybridized carbons (Fsp3) is 0.286. The Kier molecular flexibility index (Phi) is 6.55. The molecule has 2 N–H and O–H groups in total. The summed E-state index contributed by atoms with van der Waals surface area (Å²) in [7, 11) is 0. The quantitative estimate of drug-likeness (QED) is 0.793. The van der Waals surface area contributed by atoms with Gasteiger partial charge in [0.2, 0.25) is 5.91 Å². The molecule has 6 heteroatoms. The summed E-state index contributed by atoms with van der Waals surface area (Å²) in [5, 5.41) is 12.2. The molecule has 1 aromatic carbocycles. The Morgan fingerprint density at radius 1 is 1.35 bits per heavy atom. The van der Waals surface area contributed by atoms with Crippen LogP contribution >= 0.6 is 23.2 Å². The van der Waals surface area contributed by atoms with Crippen molar-refractivity contribution in [2.75, 3.05) is 0 Å². The number of carboxylic acids is 1. The molecule has 1 atom stereocenters. The first-order valence-electron chi connectivity index (χ1n) is 6.02. The van der Waals surface area contributed by atoms with Crippen molar-refractivity contribution in [3.8, 4) is 0 Å². The van der Waals surface area contributed by atoms with Crippen molar-refractivity contribution in [2.45, 2.75) is 25.8 Å². The summed E-state index contributed by atoms with van der Waals surface area (Å²) in [5.74, 6) is -1.52. The molecule has 0 heterocycles. The zero-order valence-corrected chi connectivity index (χ0v) is 12.4. The number of halogens is 2. The van der Waals surface area contributed by atoms with Crippen LogP contribution in [-0.2, 0) is 16.0 Å². The minimum Gasteiger partial charge on any atom is -0.480 e. The Balaban J connectivity index is 2.73. The average molecular weight is 316 g/mol. The second kappa shape index (κ2) is 7.92. The SMILES string of the molecule is C/C=C/CC(NC(=O)Cc1c(Cl)cccc1Cl)C(=O)O. The summed E-state index contributed by atoms with van der Waals surface area (Å²) in [4.78, 5) is 22.9. The Bertz CT molecular complexity index is 509. The zero-order valence-electron chi connectivity index (χ0n) is 10.9. The summed E-state index contributed by atoms with van der Waals surface area (Å²) in [6, 6.07) is 3.98. The molecule has 108 valence electrons. The monoisotopic (exact) mass is 315 g/mol. The van der Waals surface area contributed by atoms with Crippen LogP contribution in [0.5, 0.6) is 0 Å². The lowest BCUT2D eigenvalue weighted by molar-refractivity contribution is -0.141. The number of hydrogen-bond donors (Lipinski definition) is 2. The predicted octanol–water partition coefficient (Wildman–Crippen LogP) is 3.07. The summed E-state index contributed by atoms with van der Waals surface area (Å²) >= 11 is 11.9. The highest BCUT2D eigenvalue weighted by molar-refractivity contribution is 6.36. The Morgan fingerprint density at radius 2 is 1.95 bits per heavy atom. The van der Waals surface area contributed by atoms with E-state index < -0.39 is 17.9 Å². The molecule has 0 aliphatic carbocycles. The average Bonchev–Trinajstić information content (AvgIpc) is 2.38. The van der Waals surface area contributed by atoms with Gasteiger partial charge in [-0.25, -0.2) is 4.79 Å². The molecule has 20 heavy (non-hydrogen) atoms. The van der Waals surface area contributed by atoms with Gasteiger partial charge in [0, 0.05) is 10.0 Å². The van der Waals surface area contributed by atoms with Gasteiger partial charge in [-0.3, -0.25) is 4.79 Å². The maximum Gasteiger partial charge on any atom is 0.326 e. The second-order valence-electron chi connectivity index (χ2n) is 4.14. The van der Waals surface area contributed by atoms with Gasteiger partial charge in [-0.15, -0.1) is 0 Å². The number of benzene rings is 1. The summed E-state index contributed by atoms with van der Waals surface area (Å²) in [6.07, 6.45) is 3.58. The fourth-order valence-corrected chi connectivity index (χ4v) is 2.13. The van der Waals surface area contributed by atoms with Crippen LogP contribution in [0.4, 0.5) is 0 Å². The normalized spacial score (nSPS) is 12.3. The number of aliphatic carboxylic acids is 1.